The van der Waals surface area contributed by atoms with E-state index in [-0.39, 0.29) is 17.4 Å². The summed E-state index contributed by atoms with van der Waals surface area (Å²) in [5.74, 6) is 0.472. The number of phenolic OH excluding ortho intramolecular Hbond substituents is 1. The van der Waals surface area contributed by atoms with Gasteiger partial charge in [0.1, 0.15) is 5.75 Å². The fraction of sp³-hybridized carbons (Fsp3) is 0.333. The first-order valence-corrected chi connectivity index (χ1v) is 8.22. The van der Waals surface area contributed by atoms with E-state index >= 15 is 0 Å². The lowest BCUT2D eigenvalue weighted by atomic mass is 9.80. The summed E-state index contributed by atoms with van der Waals surface area (Å²) in [7, 11) is 0. The number of aromatic hydroxyl groups is 1. The normalized spacial score (nSPS) is 15.5. The number of non-ortho nitro benzene ring substituents is 1. The standard InChI is InChI=1S/C18H18ClNO3/c19-15-9-10-16(21)18(12-5-2-1-3-6-12)17(15)13-7-4-8-14(11-13)20(22)23/h4,7-12,21H,1-3,5-6H2. The van der Waals surface area contributed by atoms with Crippen LogP contribution in [0.1, 0.15) is 43.6 Å². The fourth-order valence-corrected chi connectivity index (χ4v) is 3.73. The van der Waals surface area contributed by atoms with E-state index in [1.807, 2.05) is 0 Å². The van der Waals surface area contributed by atoms with Crippen LogP contribution in [-0.4, -0.2) is 10.0 Å². The van der Waals surface area contributed by atoms with Gasteiger partial charge in [-0.3, -0.25) is 10.1 Å². The molecule has 3 rings (SSSR count). The summed E-state index contributed by atoms with van der Waals surface area (Å²) in [4.78, 5) is 10.6. The maximum Gasteiger partial charge on any atom is 0.270 e. The second-order valence-electron chi connectivity index (χ2n) is 6.00. The predicted molar refractivity (Wildman–Crippen MR) is 91.0 cm³/mol. The van der Waals surface area contributed by atoms with Crippen LogP contribution >= 0.6 is 11.6 Å². The van der Waals surface area contributed by atoms with Gasteiger partial charge in [0.05, 0.1) is 4.92 Å². The summed E-state index contributed by atoms with van der Waals surface area (Å²) < 4.78 is 0. The van der Waals surface area contributed by atoms with Crippen molar-refractivity contribution in [3.8, 4) is 16.9 Å². The van der Waals surface area contributed by atoms with Crippen LogP contribution in [-0.2, 0) is 0 Å². The number of halogens is 1. The summed E-state index contributed by atoms with van der Waals surface area (Å²) in [6.07, 6.45) is 5.49. The van der Waals surface area contributed by atoms with Gasteiger partial charge in [-0.1, -0.05) is 43.0 Å². The number of phenols is 1. The van der Waals surface area contributed by atoms with Crippen molar-refractivity contribution < 1.29 is 10.0 Å². The second-order valence-corrected chi connectivity index (χ2v) is 6.40. The van der Waals surface area contributed by atoms with Crippen molar-refractivity contribution >= 4 is 17.3 Å². The first-order valence-electron chi connectivity index (χ1n) is 7.84. The van der Waals surface area contributed by atoms with Crippen LogP contribution in [0.2, 0.25) is 5.02 Å². The lowest BCUT2D eigenvalue weighted by molar-refractivity contribution is -0.384. The fourth-order valence-electron chi connectivity index (χ4n) is 3.45. The molecule has 120 valence electrons. The van der Waals surface area contributed by atoms with E-state index < -0.39 is 4.92 Å². The summed E-state index contributed by atoms with van der Waals surface area (Å²) in [5, 5.41) is 22.0. The third kappa shape index (κ3) is 3.17. The average Bonchev–Trinajstić information content (AvgIpc) is 2.57. The van der Waals surface area contributed by atoms with Gasteiger partial charge in [0.25, 0.3) is 5.69 Å². The van der Waals surface area contributed by atoms with Crippen LogP contribution in [0.5, 0.6) is 5.75 Å². The SMILES string of the molecule is O=[N+]([O-])c1cccc(-c2c(Cl)ccc(O)c2C2CCCCC2)c1. The molecule has 0 bridgehead atoms. The highest BCUT2D eigenvalue weighted by atomic mass is 35.5. The number of benzene rings is 2. The van der Waals surface area contributed by atoms with Crippen LogP contribution in [0.4, 0.5) is 5.69 Å². The Hall–Kier alpha value is -2.07. The van der Waals surface area contributed by atoms with E-state index in [1.165, 1.54) is 18.6 Å². The molecule has 1 saturated carbocycles. The summed E-state index contributed by atoms with van der Waals surface area (Å²) in [6.45, 7) is 0. The van der Waals surface area contributed by atoms with Crippen LogP contribution in [0.15, 0.2) is 36.4 Å². The Balaban J connectivity index is 2.16. The zero-order chi connectivity index (χ0) is 16.4. The van der Waals surface area contributed by atoms with Gasteiger partial charge in [0.15, 0.2) is 0 Å². The first kappa shape index (κ1) is 15.8. The third-order valence-electron chi connectivity index (χ3n) is 4.53. The van der Waals surface area contributed by atoms with Crippen LogP contribution < -0.4 is 0 Å². The molecule has 2 aromatic rings. The number of hydrogen-bond acceptors (Lipinski definition) is 3. The number of nitro groups is 1. The van der Waals surface area contributed by atoms with E-state index in [0.717, 1.165) is 36.8 Å². The van der Waals surface area contributed by atoms with Crippen molar-refractivity contribution in [3.05, 3.63) is 57.1 Å². The van der Waals surface area contributed by atoms with Gasteiger partial charge in [-0.2, -0.15) is 0 Å². The minimum absolute atomic E-state index is 0.0245. The Labute approximate surface area is 139 Å². The zero-order valence-electron chi connectivity index (χ0n) is 12.7. The molecule has 1 N–H and O–H groups in total. The Bertz CT molecular complexity index is 739. The van der Waals surface area contributed by atoms with Gasteiger partial charge in [-0.15, -0.1) is 0 Å². The molecule has 5 heteroatoms. The number of nitrogens with zero attached hydrogens (tertiary/aromatic N) is 1. The van der Waals surface area contributed by atoms with Gasteiger partial charge in [0.2, 0.25) is 0 Å². The molecule has 23 heavy (non-hydrogen) atoms. The molecule has 1 fully saturated rings. The average molecular weight is 332 g/mol. The highest BCUT2D eigenvalue weighted by molar-refractivity contribution is 6.33. The predicted octanol–water partition coefficient (Wildman–Crippen LogP) is 5.67. The Morgan fingerprint density at radius 3 is 2.57 bits per heavy atom. The molecule has 0 amide bonds. The number of nitro benzene ring substituents is 1. The van der Waals surface area contributed by atoms with Crippen LogP contribution in [0, 0.1) is 10.1 Å². The largest absolute Gasteiger partial charge is 0.508 e. The van der Waals surface area contributed by atoms with Crippen molar-refractivity contribution in [2.75, 3.05) is 0 Å². The molecule has 0 aliphatic heterocycles. The minimum atomic E-state index is -0.416. The molecule has 4 nitrogen and oxygen atoms in total. The zero-order valence-corrected chi connectivity index (χ0v) is 13.4. The highest BCUT2D eigenvalue weighted by Crippen LogP contribution is 2.45. The molecule has 0 unspecified atom stereocenters. The minimum Gasteiger partial charge on any atom is -0.508 e. The molecular weight excluding hydrogens is 314 g/mol. The van der Waals surface area contributed by atoms with Crippen molar-refractivity contribution in [1.82, 2.24) is 0 Å². The molecular formula is C18H18ClNO3. The van der Waals surface area contributed by atoms with E-state index in [9.17, 15) is 15.2 Å². The van der Waals surface area contributed by atoms with Gasteiger partial charge >= 0.3 is 0 Å². The summed E-state index contributed by atoms with van der Waals surface area (Å²) in [6, 6.07) is 9.70. The van der Waals surface area contributed by atoms with Crippen molar-refractivity contribution in [2.24, 2.45) is 0 Å². The Morgan fingerprint density at radius 2 is 1.87 bits per heavy atom. The topological polar surface area (TPSA) is 63.4 Å². The third-order valence-corrected chi connectivity index (χ3v) is 4.85. The van der Waals surface area contributed by atoms with Crippen LogP contribution in [0.25, 0.3) is 11.1 Å². The van der Waals surface area contributed by atoms with E-state index in [0.29, 0.717) is 10.6 Å². The van der Waals surface area contributed by atoms with E-state index in [2.05, 4.69) is 0 Å². The number of rotatable bonds is 3. The molecule has 1 aliphatic carbocycles. The summed E-state index contributed by atoms with van der Waals surface area (Å²) >= 11 is 6.41. The van der Waals surface area contributed by atoms with Gasteiger partial charge < -0.3 is 5.11 Å². The van der Waals surface area contributed by atoms with E-state index in [1.54, 1.807) is 24.3 Å². The van der Waals surface area contributed by atoms with Gasteiger partial charge in [0, 0.05) is 28.3 Å². The summed E-state index contributed by atoms with van der Waals surface area (Å²) in [5.41, 5.74) is 2.26. The van der Waals surface area contributed by atoms with Gasteiger partial charge in [-0.05, 0) is 36.5 Å². The molecule has 2 aromatic carbocycles. The molecule has 1 aliphatic rings. The molecule has 0 saturated heterocycles. The van der Waals surface area contributed by atoms with Crippen LogP contribution in [0.3, 0.4) is 0 Å². The highest BCUT2D eigenvalue weighted by Gasteiger charge is 2.24. The maximum atomic E-state index is 11.0. The molecule has 0 heterocycles. The smallest absolute Gasteiger partial charge is 0.270 e. The van der Waals surface area contributed by atoms with Crippen molar-refractivity contribution in [1.29, 1.82) is 0 Å². The molecule has 0 spiro atoms. The Kier molecular flexibility index (Phi) is 4.53. The molecule has 0 radical (unpaired) electrons. The first-order chi connectivity index (χ1) is 11.1. The molecule has 0 atom stereocenters. The monoisotopic (exact) mass is 331 g/mol. The van der Waals surface area contributed by atoms with E-state index in [4.69, 9.17) is 11.6 Å². The number of hydrogen-bond donors (Lipinski definition) is 1. The van der Waals surface area contributed by atoms with Crippen molar-refractivity contribution in [3.63, 3.8) is 0 Å². The molecule has 0 aromatic heterocycles. The van der Waals surface area contributed by atoms with Gasteiger partial charge in [-0.25, -0.2) is 0 Å². The maximum absolute atomic E-state index is 11.0. The second kappa shape index (κ2) is 6.59. The quantitative estimate of drug-likeness (QED) is 0.582. The lowest BCUT2D eigenvalue weighted by Gasteiger charge is -2.26. The van der Waals surface area contributed by atoms with Crippen molar-refractivity contribution in [2.45, 2.75) is 38.0 Å². The Morgan fingerprint density at radius 1 is 1.13 bits per heavy atom. The lowest BCUT2D eigenvalue weighted by Crippen LogP contribution is -2.07.